The van der Waals surface area contributed by atoms with Crippen molar-refractivity contribution in [3.05, 3.63) is 0 Å². The molecule has 1 atom stereocenters. The van der Waals surface area contributed by atoms with E-state index in [-0.39, 0.29) is 6.61 Å². The number of hydrogen-bond acceptors (Lipinski definition) is 4. The maximum absolute atomic E-state index is 8.86. The van der Waals surface area contributed by atoms with Crippen LogP contribution in [0.5, 0.6) is 0 Å². The monoisotopic (exact) mass is 163 g/mol. The Labute approximate surface area is 67.2 Å². The maximum Gasteiger partial charge on any atom is 0.0894 e. The van der Waals surface area contributed by atoms with Crippen LogP contribution in [0.15, 0.2) is 0 Å². The average Bonchev–Trinajstić information content (AvgIpc) is 2.04. The molecule has 0 amide bonds. The lowest BCUT2D eigenvalue weighted by atomic mass is 10.4. The van der Waals surface area contributed by atoms with Gasteiger partial charge in [0.25, 0.3) is 0 Å². The molecule has 0 aliphatic heterocycles. The van der Waals surface area contributed by atoms with Crippen LogP contribution in [0.25, 0.3) is 0 Å². The molecule has 0 unspecified atom stereocenters. The summed E-state index contributed by atoms with van der Waals surface area (Å²) in [4.78, 5) is 0. The van der Waals surface area contributed by atoms with Crippen LogP contribution >= 0.6 is 0 Å². The second kappa shape index (κ2) is 7.94. The Bertz CT molecular complexity index is 80.1. The van der Waals surface area contributed by atoms with Crippen molar-refractivity contribution in [1.82, 2.24) is 5.32 Å². The summed E-state index contributed by atoms with van der Waals surface area (Å²) in [5.74, 6) is 0. The number of rotatable bonds is 7. The van der Waals surface area contributed by atoms with Crippen LogP contribution in [0.3, 0.4) is 0 Å². The standard InChI is InChI=1S/C7H17NO3/c1-2-11-4-3-8-5-7(10)6-9/h7-10H,2-6H2,1H3/t7-/m0/s1. The highest BCUT2D eigenvalue weighted by molar-refractivity contribution is 4.55. The van der Waals surface area contributed by atoms with Crippen LogP contribution in [0.2, 0.25) is 0 Å². The SMILES string of the molecule is CCOCCNC[C@H](O)CO. The third-order valence-corrected chi connectivity index (χ3v) is 1.22. The molecule has 11 heavy (non-hydrogen) atoms. The van der Waals surface area contributed by atoms with Crippen molar-refractivity contribution in [2.24, 2.45) is 0 Å². The molecule has 0 fully saturated rings. The van der Waals surface area contributed by atoms with Gasteiger partial charge < -0.3 is 20.3 Å². The molecule has 0 bridgehead atoms. The zero-order valence-corrected chi connectivity index (χ0v) is 6.92. The van der Waals surface area contributed by atoms with Gasteiger partial charge >= 0.3 is 0 Å². The van der Waals surface area contributed by atoms with Crippen molar-refractivity contribution < 1.29 is 14.9 Å². The van der Waals surface area contributed by atoms with Gasteiger partial charge in [-0.3, -0.25) is 0 Å². The van der Waals surface area contributed by atoms with Crippen molar-refractivity contribution in [1.29, 1.82) is 0 Å². The van der Waals surface area contributed by atoms with Gasteiger partial charge in [-0.15, -0.1) is 0 Å². The molecule has 3 N–H and O–H groups in total. The minimum Gasteiger partial charge on any atom is -0.394 e. The van der Waals surface area contributed by atoms with E-state index in [4.69, 9.17) is 14.9 Å². The van der Waals surface area contributed by atoms with E-state index in [1.54, 1.807) is 0 Å². The molecular formula is C7H17NO3. The first-order valence-electron chi connectivity index (χ1n) is 3.88. The summed E-state index contributed by atoms with van der Waals surface area (Å²) in [6, 6.07) is 0. The second-order valence-corrected chi connectivity index (χ2v) is 2.24. The summed E-state index contributed by atoms with van der Waals surface area (Å²) < 4.78 is 5.04. The van der Waals surface area contributed by atoms with Gasteiger partial charge in [0, 0.05) is 19.7 Å². The molecule has 4 nitrogen and oxygen atoms in total. The highest BCUT2D eigenvalue weighted by Gasteiger charge is 1.98. The molecule has 0 spiro atoms. The average molecular weight is 163 g/mol. The minimum absolute atomic E-state index is 0.193. The Morgan fingerprint density at radius 3 is 2.82 bits per heavy atom. The van der Waals surface area contributed by atoms with Crippen LogP contribution in [-0.2, 0) is 4.74 Å². The number of ether oxygens (including phenoxy) is 1. The first kappa shape index (κ1) is 10.8. The van der Waals surface area contributed by atoms with Crippen LogP contribution in [0.1, 0.15) is 6.92 Å². The molecule has 0 aliphatic carbocycles. The predicted octanol–water partition coefficient (Wildman–Crippen LogP) is -1.03. The molecule has 0 saturated heterocycles. The van der Waals surface area contributed by atoms with E-state index < -0.39 is 6.10 Å². The Kier molecular flexibility index (Phi) is 7.83. The first-order valence-corrected chi connectivity index (χ1v) is 3.88. The Morgan fingerprint density at radius 1 is 1.55 bits per heavy atom. The van der Waals surface area contributed by atoms with Crippen molar-refractivity contribution in [3.8, 4) is 0 Å². The van der Waals surface area contributed by atoms with Crippen molar-refractivity contribution in [2.45, 2.75) is 13.0 Å². The van der Waals surface area contributed by atoms with Gasteiger partial charge in [-0.25, -0.2) is 0 Å². The topological polar surface area (TPSA) is 61.7 Å². The first-order chi connectivity index (χ1) is 5.31. The van der Waals surface area contributed by atoms with Gasteiger partial charge in [-0.2, -0.15) is 0 Å². The number of nitrogens with one attached hydrogen (secondary N) is 1. The molecule has 0 aliphatic rings. The molecule has 0 rings (SSSR count). The van der Waals surface area contributed by atoms with E-state index in [1.807, 2.05) is 6.92 Å². The van der Waals surface area contributed by atoms with Crippen molar-refractivity contribution in [3.63, 3.8) is 0 Å². The predicted molar refractivity (Wildman–Crippen MR) is 42.5 cm³/mol. The highest BCUT2D eigenvalue weighted by atomic mass is 16.5. The number of aliphatic hydroxyl groups is 2. The molecular weight excluding hydrogens is 146 g/mol. The Morgan fingerprint density at radius 2 is 2.27 bits per heavy atom. The van der Waals surface area contributed by atoms with Gasteiger partial charge in [0.1, 0.15) is 0 Å². The van der Waals surface area contributed by atoms with E-state index >= 15 is 0 Å². The van der Waals surface area contributed by atoms with Gasteiger partial charge in [-0.1, -0.05) is 0 Å². The summed E-state index contributed by atoms with van der Waals surface area (Å²) in [5, 5.41) is 20.2. The molecule has 4 heteroatoms. The Balaban J connectivity index is 2.89. The largest absolute Gasteiger partial charge is 0.394 e. The molecule has 0 radical (unpaired) electrons. The maximum atomic E-state index is 8.86. The summed E-state index contributed by atoms with van der Waals surface area (Å²) >= 11 is 0. The molecule has 68 valence electrons. The number of aliphatic hydroxyl groups excluding tert-OH is 2. The molecule has 0 aromatic rings. The lowest BCUT2D eigenvalue weighted by Gasteiger charge is -2.08. The van der Waals surface area contributed by atoms with Crippen LogP contribution < -0.4 is 5.32 Å². The molecule has 0 saturated carbocycles. The van der Waals surface area contributed by atoms with Gasteiger partial charge in [0.05, 0.1) is 19.3 Å². The smallest absolute Gasteiger partial charge is 0.0894 e. The third-order valence-electron chi connectivity index (χ3n) is 1.22. The van der Waals surface area contributed by atoms with Gasteiger partial charge in [-0.05, 0) is 6.92 Å². The number of hydrogen-bond donors (Lipinski definition) is 3. The highest BCUT2D eigenvalue weighted by Crippen LogP contribution is 1.76. The minimum atomic E-state index is -0.656. The lowest BCUT2D eigenvalue weighted by molar-refractivity contribution is 0.0900. The van der Waals surface area contributed by atoms with E-state index in [0.717, 1.165) is 0 Å². The van der Waals surface area contributed by atoms with Crippen molar-refractivity contribution >= 4 is 0 Å². The second-order valence-electron chi connectivity index (χ2n) is 2.24. The van der Waals surface area contributed by atoms with E-state index in [0.29, 0.717) is 26.3 Å². The molecule has 0 aromatic carbocycles. The zero-order valence-electron chi connectivity index (χ0n) is 6.92. The van der Waals surface area contributed by atoms with Crippen LogP contribution in [-0.4, -0.2) is 49.2 Å². The fourth-order valence-corrected chi connectivity index (χ4v) is 0.622. The van der Waals surface area contributed by atoms with Crippen LogP contribution in [0, 0.1) is 0 Å². The fourth-order valence-electron chi connectivity index (χ4n) is 0.622. The lowest BCUT2D eigenvalue weighted by Crippen LogP contribution is -2.31. The Hall–Kier alpha value is -0.160. The van der Waals surface area contributed by atoms with Gasteiger partial charge in [0.2, 0.25) is 0 Å². The third kappa shape index (κ3) is 7.74. The van der Waals surface area contributed by atoms with Crippen LogP contribution in [0.4, 0.5) is 0 Å². The zero-order chi connectivity index (χ0) is 8.53. The molecule has 0 aromatic heterocycles. The fraction of sp³-hybridized carbons (Fsp3) is 1.00. The summed E-state index contributed by atoms with van der Waals surface area (Å²) in [5.41, 5.74) is 0. The molecule has 0 heterocycles. The summed E-state index contributed by atoms with van der Waals surface area (Å²) in [7, 11) is 0. The summed E-state index contributed by atoms with van der Waals surface area (Å²) in [6.45, 7) is 4.23. The quantitative estimate of drug-likeness (QED) is 0.420. The normalized spacial score (nSPS) is 13.4. The van der Waals surface area contributed by atoms with E-state index in [9.17, 15) is 0 Å². The van der Waals surface area contributed by atoms with Gasteiger partial charge in [0.15, 0.2) is 0 Å². The summed E-state index contributed by atoms with van der Waals surface area (Å²) in [6.07, 6.45) is -0.656. The van der Waals surface area contributed by atoms with E-state index in [1.165, 1.54) is 0 Å². The van der Waals surface area contributed by atoms with Crippen molar-refractivity contribution in [2.75, 3.05) is 32.9 Å². The van der Waals surface area contributed by atoms with E-state index in [2.05, 4.69) is 5.32 Å².